The molecule has 124 valence electrons. The third-order valence-electron chi connectivity index (χ3n) is 3.89. The number of nitrogens with zero attached hydrogens (tertiary/aromatic N) is 3. The Morgan fingerprint density at radius 2 is 1.79 bits per heavy atom. The van der Waals surface area contributed by atoms with Gasteiger partial charge in [-0.15, -0.1) is 0 Å². The molecule has 0 unspecified atom stereocenters. The lowest BCUT2D eigenvalue weighted by Gasteiger charge is -2.12. The number of hydrogen-bond donors (Lipinski definition) is 0. The van der Waals surface area contributed by atoms with Gasteiger partial charge >= 0.3 is 11.9 Å². The van der Waals surface area contributed by atoms with E-state index in [4.69, 9.17) is 0 Å². The van der Waals surface area contributed by atoms with Crippen LogP contribution < -0.4 is 0 Å². The first-order valence-electron chi connectivity index (χ1n) is 6.79. The second kappa shape index (κ2) is 5.29. The third kappa shape index (κ3) is 2.38. The summed E-state index contributed by atoms with van der Waals surface area (Å²) in [6.45, 7) is 3.56. The van der Waals surface area contributed by atoms with Crippen LogP contribution in [-0.4, -0.2) is 15.2 Å². The fourth-order valence-electron chi connectivity index (χ4n) is 2.58. The number of aromatic nitrogens is 2. The number of benzene rings is 2. The fourth-order valence-corrected chi connectivity index (χ4v) is 2.58. The van der Waals surface area contributed by atoms with Crippen LogP contribution in [0.15, 0.2) is 28.9 Å². The van der Waals surface area contributed by atoms with Crippen molar-refractivity contribution in [3.05, 3.63) is 51.1 Å². The quantitative estimate of drug-likeness (QED) is 0.510. The van der Waals surface area contributed by atoms with E-state index in [0.717, 1.165) is 17.2 Å². The normalized spacial score (nSPS) is 11.9. The molecule has 0 radical (unpaired) electrons. The van der Waals surface area contributed by atoms with Crippen molar-refractivity contribution in [2.75, 3.05) is 0 Å². The van der Waals surface area contributed by atoms with Crippen molar-refractivity contribution in [2.45, 2.75) is 20.0 Å². The molecule has 0 N–H and O–H groups in total. The van der Waals surface area contributed by atoms with E-state index in [1.807, 2.05) is 13.0 Å². The van der Waals surface area contributed by atoms with Gasteiger partial charge in [0.25, 0.3) is 0 Å². The van der Waals surface area contributed by atoms with Crippen LogP contribution in [0, 0.1) is 24.0 Å². The zero-order valence-corrected chi connectivity index (χ0v) is 12.5. The van der Waals surface area contributed by atoms with Crippen molar-refractivity contribution in [1.29, 1.82) is 0 Å². The molecule has 1 heterocycles. The van der Waals surface area contributed by atoms with Crippen molar-refractivity contribution >= 4 is 16.7 Å². The Morgan fingerprint density at radius 3 is 2.42 bits per heavy atom. The largest absolute Gasteiger partial charge is 0.423 e. The second-order valence-electron chi connectivity index (χ2n) is 5.28. The van der Waals surface area contributed by atoms with E-state index < -0.39 is 27.9 Å². The Bertz CT molecular complexity index is 964. The molecule has 2 aromatic carbocycles. The summed E-state index contributed by atoms with van der Waals surface area (Å²) in [5.74, 6) is 0. The molecule has 0 saturated heterocycles. The number of nitro groups is 1. The van der Waals surface area contributed by atoms with Gasteiger partial charge in [0.1, 0.15) is 11.1 Å². The second-order valence-corrected chi connectivity index (χ2v) is 5.28. The van der Waals surface area contributed by atoms with Crippen molar-refractivity contribution in [3.63, 3.8) is 0 Å². The average molecular weight is 337 g/mol. The number of fused-ring (bicyclic) bond motifs is 1. The highest BCUT2D eigenvalue weighted by molar-refractivity contribution is 5.98. The van der Waals surface area contributed by atoms with E-state index in [0.29, 0.717) is 5.56 Å². The van der Waals surface area contributed by atoms with Gasteiger partial charge < -0.3 is 0 Å². The van der Waals surface area contributed by atoms with E-state index in [9.17, 15) is 23.3 Å². The summed E-state index contributed by atoms with van der Waals surface area (Å²) in [5.41, 5.74) is -0.970. The van der Waals surface area contributed by atoms with Gasteiger partial charge in [-0.25, -0.2) is 4.63 Å². The zero-order chi connectivity index (χ0) is 17.6. The molecule has 1 aromatic heterocycles. The highest BCUT2D eigenvalue weighted by atomic mass is 19.4. The Morgan fingerprint density at radius 1 is 1.12 bits per heavy atom. The van der Waals surface area contributed by atoms with E-state index in [1.54, 1.807) is 19.1 Å². The number of hydrogen-bond acceptors (Lipinski definition) is 5. The van der Waals surface area contributed by atoms with Gasteiger partial charge in [0, 0.05) is 5.56 Å². The molecule has 0 spiro atoms. The minimum Gasteiger partial charge on any atom is -0.258 e. The Kier molecular flexibility index (Phi) is 3.51. The molecule has 0 fully saturated rings. The average Bonchev–Trinajstić information content (AvgIpc) is 2.96. The van der Waals surface area contributed by atoms with Crippen LogP contribution in [0.1, 0.15) is 16.7 Å². The minimum atomic E-state index is -4.91. The Balaban J connectivity index is 2.47. The molecule has 24 heavy (non-hydrogen) atoms. The predicted molar refractivity (Wildman–Crippen MR) is 78.4 cm³/mol. The molecule has 6 nitrogen and oxygen atoms in total. The van der Waals surface area contributed by atoms with Crippen molar-refractivity contribution in [1.82, 2.24) is 10.3 Å². The van der Waals surface area contributed by atoms with Crippen LogP contribution in [0.25, 0.3) is 22.2 Å². The summed E-state index contributed by atoms with van der Waals surface area (Å²) in [6.07, 6.45) is -4.91. The number of alkyl halides is 3. The Hall–Kier alpha value is -2.97. The molecule has 9 heteroatoms. The monoisotopic (exact) mass is 337 g/mol. The molecule has 0 atom stereocenters. The number of aryl methyl sites for hydroxylation is 1. The molecule has 0 bridgehead atoms. The SMILES string of the molecule is Cc1cccc(-c2cc(C(F)(F)F)c([N+](=O)[O-])c3nonc23)c1C. The number of halogens is 3. The van der Waals surface area contributed by atoms with E-state index in [2.05, 4.69) is 14.9 Å². The lowest BCUT2D eigenvalue weighted by atomic mass is 9.94. The molecule has 0 aliphatic rings. The van der Waals surface area contributed by atoms with Crippen molar-refractivity contribution in [2.24, 2.45) is 0 Å². The predicted octanol–water partition coefficient (Wildman–Crippen LogP) is 4.43. The van der Waals surface area contributed by atoms with E-state index in [-0.39, 0.29) is 11.1 Å². The fraction of sp³-hybridized carbons (Fsp3) is 0.200. The van der Waals surface area contributed by atoms with Crippen LogP contribution in [-0.2, 0) is 6.18 Å². The smallest absolute Gasteiger partial charge is 0.258 e. The van der Waals surface area contributed by atoms with E-state index >= 15 is 0 Å². The molecule has 3 aromatic rings. The van der Waals surface area contributed by atoms with Crippen LogP contribution >= 0.6 is 0 Å². The first-order chi connectivity index (χ1) is 11.2. The Labute approximate surface area is 133 Å². The van der Waals surface area contributed by atoms with Crippen LogP contribution in [0.5, 0.6) is 0 Å². The lowest BCUT2D eigenvalue weighted by Crippen LogP contribution is -2.10. The summed E-state index contributed by atoms with van der Waals surface area (Å²) in [7, 11) is 0. The summed E-state index contributed by atoms with van der Waals surface area (Å²) in [4.78, 5) is 10.0. The first-order valence-corrected chi connectivity index (χ1v) is 6.79. The van der Waals surface area contributed by atoms with Gasteiger partial charge in [-0.2, -0.15) is 13.2 Å². The van der Waals surface area contributed by atoms with Gasteiger partial charge in [0.2, 0.25) is 5.52 Å². The maximum atomic E-state index is 13.3. The molecular weight excluding hydrogens is 327 g/mol. The molecule has 3 rings (SSSR count). The van der Waals surface area contributed by atoms with Gasteiger partial charge in [-0.05, 0) is 46.9 Å². The lowest BCUT2D eigenvalue weighted by molar-refractivity contribution is -0.386. The topological polar surface area (TPSA) is 82.1 Å². The minimum absolute atomic E-state index is 0.0802. The maximum absolute atomic E-state index is 13.3. The van der Waals surface area contributed by atoms with Gasteiger partial charge in [-0.1, -0.05) is 18.2 Å². The molecular formula is C15H10F3N3O3. The highest BCUT2D eigenvalue weighted by Gasteiger charge is 2.42. The van der Waals surface area contributed by atoms with E-state index in [1.165, 1.54) is 0 Å². The summed E-state index contributed by atoms with van der Waals surface area (Å²) in [5, 5.41) is 18.0. The maximum Gasteiger partial charge on any atom is 0.423 e. The number of nitro benzene ring substituents is 1. The summed E-state index contributed by atoms with van der Waals surface area (Å²) >= 11 is 0. The standard InChI is InChI=1S/C15H10F3N3O3/c1-7-4-3-5-9(8(7)2)10-6-11(15(16,17)18)14(21(22)23)13-12(10)19-24-20-13/h3-6H,1-2H3. The molecule has 0 aliphatic heterocycles. The van der Waals surface area contributed by atoms with Gasteiger partial charge in [-0.3, -0.25) is 10.1 Å². The summed E-state index contributed by atoms with van der Waals surface area (Å²) in [6, 6.07) is 5.85. The van der Waals surface area contributed by atoms with Gasteiger partial charge in [0.15, 0.2) is 0 Å². The van der Waals surface area contributed by atoms with Crippen LogP contribution in [0.4, 0.5) is 18.9 Å². The third-order valence-corrected chi connectivity index (χ3v) is 3.89. The zero-order valence-electron chi connectivity index (χ0n) is 12.5. The van der Waals surface area contributed by atoms with Crippen molar-refractivity contribution in [3.8, 4) is 11.1 Å². The highest BCUT2D eigenvalue weighted by Crippen LogP contribution is 2.43. The van der Waals surface area contributed by atoms with Gasteiger partial charge in [0.05, 0.1) is 4.92 Å². The summed E-state index contributed by atoms with van der Waals surface area (Å²) < 4.78 is 44.5. The molecule has 0 saturated carbocycles. The first kappa shape index (κ1) is 15.9. The molecule has 0 amide bonds. The number of rotatable bonds is 2. The van der Waals surface area contributed by atoms with Crippen LogP contribution in [0.2, 0.25) is 0 Å². The molecule has 0 aliphatic carbocycles. The van der Waals surface area contributed by atoms with Crippen molar-refractivity contribution < 1.29 is 22.7 Å². The van der Waals surface area contributed by atoms with Crippen LogP contribution in [0.3, 0.4) is 0 Å².